The Morgan fingerprint density at radius 3 is 2.67 bits per heavy atom. The second-order valence-corrected chi connectivity index (χ2v) is 5.18. The molecule has 1 amide bonds. The van der Waals surface area contributed by atoms with Gasteiger partial charge in [0.15, 0.2) is 0 Å². The van der Waals surface area contributed by atoms with E-state index in [1.807, 2.05) is 36.4 Å². The highest BCUT2D eigenvalue weighted by molar-refractivity contribution is 5.94. The molecule has 0 atom stereocenters. The third-order valence-corrected chi connectivity index (χ3v) is 3.56. The van der Waals surface area contributed by atoms with E-state index in [9.17, 15) is 4.79 Å². The summed E-state index contributed by atoms with van der Waals surface area (Å²) in [5.41, 5.74) is 3.14. The Morgan fingerprint density at radius 2 is 1.88 bits per heavy atom. The van der Waals surface area contributed by atoms with E-state index >= 15 is 0 Å². The van der Waals surface area contributed by atoms with Gasteiger partial charge in [-0.15, -0.1) is 0 Å². The zero-order chi connectivity index (χ0) is 16.8. The maximum absolute atomic E-state index is 12.2. The van der Waals surface area contributed by atoms with Crippen LogP contribution in [0, 0.1) is 0 Å². The van der Waals surface area contributed by atoms with Crippen LogP contribution >= 0.6 is 0 Å². The third kappa shape index (κ3) is 3.76. The van der Waals surface area contributed by atoms with Crippen LogP contribution in [0.2, 0.25) is 0 Å². The van der Waals surface area contributed by atoms with E-state index in [1.165, 1.54) is 6.33 Å². The first-order valence-electron chi connectivity index (χ1n) is 7.55. The SMILES string of the molecule is COc1cccc(C(=O)NCc2cc(-c3ccccc3)ncn2)c1. The van der Waals surface area contributed by atoms with Crippen molar-refractivity contribution in [2.75, 3.05) is 7.11 Å². The number of aromatic nitrogens is 2. The van der Waals surface area contributed by atoms with E-state index in [0.717, 1.165) is 17.0 Å². The number of rotatable bonds is 5. The zero-order valence-electron chi connectivity index (χ0n) is 13.3. The largest absolute Gasteiger partial charge is 0.497 e. The predicted molar refractivity (Wildman–Crippen MR) is 91.6 cm³/mol. The molecule has 0 bridgehead atoms. The molecule has 0 aliphatic heterocycles. The fourth-order valence-corrected chi connectivity index (χ4v) is 2.30. The molecule has 2 aromatic carbocycles. The van der Waals surface area contributed by atoms with Gasteiger partial charge in [-0.3, -0.25) is 4.79 Å². The van der Waals surface area contributed by atoms with Crippen LogP contribution in [0.3, 0.4) is 0 Å². The molecule has 0 saturated heterocycles. The maximum atomic E-state index is 12.2. The van der Waals surface area contributed by atoms with Crippen molar-refractivity contribution in [1.82, 2.24) is 15.3 Å². The molecule has 5 heteroatoms. The predicted octanol–water partition coefficient (Wildman–Crippen LogP) is 3.08. The van der Waals surface area contributed by atoms with Gasteiger partial charge in [0, 0.05) is 11.1 Å². The summed E-state index contributed by atoms with van der Waals surface area (Å²) in [6.45, 7) is 0.332. The summed E-state index contributed by atoms with van der Waals surface area (Å²) in [5, 5.41) is 2.86. The van der Waals surface area contributed by atoms with Crippen molar-refractivity contribution < 1.29 is 9.53 Å². The van der Waals surface area contributed by atoms with Crippen LogP contribution in [-0.4, -0.2) is 23.0 Å². The molecule has 120 valence electrons. The summed E-state index contributed by atoms with van der Waals surface area (Å²) < 4.78 is 5.13. The highest BCUT2D eigenvalue weighted by Crippen LogP contribution is 2.16. The zero-order valence-corrected chi connectivity index (χ0v) is 13.3. The molecule has 0 radical (unpaired) electrons. The van der Waals surface area contributed by atoms with Crippen molar-refractivity contribution in [3.8, 4) is 17.0 Å². The Morgan fingerprint density at radius 1 is 1.04 bits per heavy atom. The molecule has 0 saturated carbocycles. The first kappa shape index (κ1) is 15.7. The molecule has 1 aromatic heterocycles. The highest BCUT2D eigenvalue weighted by Gasteiger charge is 2.08. The van der Waals surface area contributed by atoms with Gasteiger partial charge in [0.05, 0.1) is 25.0 Å². The molecule has 5 nitrogen and oxygen atoms in total. The van der Waals surface area contributed by atoms with Crippen LogP contribution in [0.4, 0.5) is 0 Å². The Balaban J connectivity index is 1.69. The third-order valence-electron chi connectivity index (χ3n) is 3.56. The summed E-state index contributed by atoms with van der Waals surface area (Å²) in [5.74, 6) is 0.477. The number of hydrogen-bond acceptors (Lipinski definition) is 4. The number of nitrogens with zero attached hydrogens (tertiary/aromatic N) is 2. The minimum Gasteiger partial charge on any atom is -0.497 e. The van der Waals surface area contributed by atoms with E-state index in [2.05, 4.69) is 15.3 Å². The normalized spacial score (nSPS) is 10.2. The molecular weight excluding hydrogens is 302 g/mol. The topological polar surface area (TPSA) is 64.1 Å². The Labute approximate surface area is 140 Å². The number of hydrogen-bond donors (Lipinski definition) is 1. The van der Waals surface area contributed by atoms with E-state index in [-0.39, 0.29) is 5.91 Å². The lowest BCUT2D eigenvalue weighted by molar-refractivity contribution is 0.0950. The van der Waals surface area contributed by atoms with Crippen molar-refractivity contribution in [3.63, 3.8) is 0 Å². The number of carbonyl (C=O) groups is 1. The first-order valence-corrected chi connectivity index (χ1v) is 7.55. The van der Waals surface area contributed by atoms with Gasteiger partial charge >= 0.3 is 0 Å². The van der Waals surface area contributed by atoms with Crippen molar-refractivity contribution in [1.29, 1.82) is 0 Å². The molecule has 0 unspecified atom stereocenters. The number of nitrogens with one attached hydrogen (secondary N) is 1. The summed E-state index contributed by atoms with van der Waals surface area (Å²) in [6.07, 6.45) is 1.51. The fourth-order valence-electron chi connectivity index (χ4n) is 2.30. The molecule has 24 heavy (non-hydrogen) atoms. The molecule has 0 aliphatic rings. The summed E-state index contributed by atoms with van der Waals surface area (Å²) in [6, 6.07) is 18.8. The molecule has 1 N–H and O–H groups in total. The standard InChI is InChI=1S/C19H17N3O2/c1-24-17-9-5-8-15(10-17)19(23)20-12-16-11-18(22-13-21-16)14-6-3-2-4-7-14/h2-11,13H,12H2,1H3,(H,20,23). The lowest BCUT2D eigenvalue weighted by Gasteiger charge is -2.07. The average Bonchev–Trinajstić information content (AvgIpc) is 2.67. The van der Waals surface area contributed by atoms with Crippen LogP contribution in [0.1, 0.15) is 16.1 Å². The molecule has 1 heterocycles. The van der Waals surface area contributed by atoms with E-state index in [4.69, 9.17) is 4.74 Å². The molecule has 0 fully saturated rings. The second kappa shape index (κ2) is 7.37. The number of benzene rings is 2. The van der Waals surface area contributed by atoms with E-state index in [1.54, 1.807) is 31.4 Å². The summed E-state index contributed by atoms with van der Waals surface area (Å²) >= 11 is 0. The van der Waals surface area contributed by atoms with Gasteiger partial charge in [-0.1, -0.05) is 36.4 Å². The smallest absolute Gasteiger partial charge is 0.251 e. The minimum atomic E-state index is -0.172. The van der Waals surface area contributed by atoms with Gasteiger partial charge < -0.3 is 10.1 Å². The molecule has 0 aliphatic carbocycles. The van der Waals surface area contributed by atoms with E-state index < -0.39 is 0 Å². The Bertz CT molecular complexity index is 835. The van der Waals surface area contributed by atoms with Crippen molar-refractivity contribution in [2.24, 2.45) is 0 Å². The van der Waals surface area contributed by atoms with Crippen LogP contribution in [0.15, 0.2) is 67.0 Å². The van der Waals surface area contributed by atoms with Crippen molar-refractivity contribution in [2.45, 2.75) is 6.54 Å². The van der Waals surface area contributed by atoms with E-state index in [0.29, 0.717) is 17.9 Å². The molecule has 3 rings (SSSR count). The van der Waals surface area contributed by atoms with Gasteiger partial charge in [0.2, 0.25) is 0 Å². The van der Waals surface area contributed by atoms with Crippen LogP contribution in [0.5, 0.6) is 5.75 Å². The van der Waals surface area contributed by atoms with Crippen molar-refractivity contribution >= 4 is 5.91 Å². The van der Waals surface area contributed by atoms with Gasteiger partial charge in [-0.2, -0.15) is 0 Å². The van der Waals surface area contributed by atoms with Gasteiger partial charge in [0.1, 0.15) is 12.1 Å². The van der Waals surface area contributed by atoms with Crippen LogP contribution < -0.4 is 10.1 Å². The molecule has 3 aromatic rings. The highest BCUT2D eigenvalue weighted by atomic mass is 16.5. The number of amides is 1. The van der Waals surface area contributed by atoms with Gasteiger partial charge in [0.25, 0.3) is 5.91 Å². The maximum Gasteiger partial charge on any atom is 0.251 e. The first-order chi connectivity index (χ1) is 11.8. The van der Waals surface area contributed by atoms with Crippen LogP contribution in [-0.2, 0) is 6.54 Å². The van der Waals surface area contributed by atoms with Crippen LogP contribution in [0.25, 0.3) is 11.3 Å². The number of ether oxygens (including phenoxy) is 1. The average molecular weight is 319 g/mol. The lowest BCUT2D eigenvalue weighted by atomic mass is 10.1. The summed E-state index contributed by atoms with van der Waals surface area (Å²) in [4.78, 5) is 20.7. The second-order valence-electron chi connectivity index (χ2n) is 5.18. The number of methoxy groups -OCH3 is 1. The summed E-state index contributed by atoms with van der Waals surface area (Å²) in [7, 11) is 1.57. The molecular formula is C19H17N3O2. The Hall–Kier alpha value is -3.21. The van der Waals surface area contributed by atoms with Gasteiger partial charge in [-0.05, 0) is 24.3 Å². The Kier molecular flexibility index (Phi) is 4.81. The van der Waals surface area contributed by atoms with Crippen molar-refractivity contribution in [3.05, 3.63) is 78.2 Å². The lowest BCUT2D eigenvalue weighted by Crippen LogP contribution is -2.23. The quantitative estimate of drug-likeness (QED) is 0.785. The van der Waals surface area contributed by atoms with Gasteiger partial charge in [-0.25, -0.2) is 9.97 Å². The minimum absolute atomic E-state index is 0.172. The number of carbonyl (C=O) groups excluding carboxylic acids is 1. The fraction of sp³-hybridized carbons (Fsp3) is 0.105. The monoisotopic (exact) mass is 319 g/mol. The molecule has 0 spiro atoms.